The molecule has 2 N–H and O–H groups in total. The molecule has 4 heteroatoms. The Bertz CT molecular complexity index is 729. The van der Waals surface area contributed by atoms with Crippen molar-refractivity contribution >= 4 is 17.3 Å². The summed E-state index contributed by atoms with van der Waals surface area (Å²) in [5, 5.41) is 12.5. The van der Waals surface area contributed by atoms with Gasteiger partial charge in [-0.15, -0.1) is 0 Å². The van der Waals surface area contributed by atoms with Crippen molar-refractivity contribution < 1.29 is 9.90 Å². The van der Waals surface area contributed by atoms with E-state index in [1.165, 1.54) is 5.56 Å². The van der Waals surface area contributed by atoms with E-state index in [2.05, 4.69) is 18.3 Å². The number of aliphatic hydroxyl groups is 1. The Labute approximate surface area is 143 Å². The lowest BCUT2D eigenvalue weighted by Gasteiger charge is -2.37. The highest BCUT2D eigenvalue weighted by atomic mass is 16.3. The Morgan fingerprint density at radius 1 is 1.29 bits per heavy atom. The van der Waals surface area contributed by atoms with Gasteiger partial charge in [0.15, 0.2) is 0 Å². The number of amides is 1. The number of aryl methyl sites for hydroxylation is 1. The normalized spacial score (nSPS) is 18.0. The van der Waals surface area contributed by atoms with Crippen LogP contribution in [0.3, 0.4) is 0 Å². The van der Waals surface area contributed by atoms with Gasteiger partial charge < -0.3 is 15.3 Å². The second kappa shape index (κ2) is 7.05. The van der Waals surface area contributed by atoms with Crippen LogP contribution in [0.5, 0.6) is 0 Å². The van der Waals surface area contributed by atoms with Crippen molar-refractivity contribution in [2.24, 2.45) is 0 Å². The SMILES string of the molecule is CC(Nc1cccc(CO)c1)C(=O)N1c2ccccc2CCC1C. The topological polar surface area (TPSA) is 52.6 Å². The average Bonchev–Trinajstić information content (AvgIpc) is 2.61. The van der Waals surface area contributed by atoms with Gasteiger partial charge in [0, 0.05) is 17.4 Å². The maximum atomic E-state index is 13.0. The molecule has 0 saturated heterocycles. The number of nitrogens with zero attached hydrogens (tertiary/aromatic N) is 1. The van der Waals surface area contributed by atoms with Crippen molar-refractivity contribution in [1.29, 1.82) is 0 Å². The molecular formula is C20H24N2O2. The van der Waals surface area contributed by atoms with Crippen molar-refractivity contribution in [1.82, 2.24) is 0 Å². The summed E-state index contributed by atoms with van der Waals surface area (Å²) in [6.45, 7) is 3.99. The van der Waals surface area contributed by atoms with E-state index in [0.717, 1.165) is 29.8 Å². The third kappa shape index (κ3) is 3.29. The maximum absolute atomic E-state index is 13.0. The summed E-state index contributed by atoms with van der Waals surface area (Å²) in [7, 11) is 0. The molecule has 0 radical (unpaired) electrons. The standard InChI is InChI=1S/C20H24N2O2/c1-14-10-11-17-7-3-4-9-19(17)22(14)20(24)15(2)21-18-8-5-6-16(12-18)13-23/h3-9,12,14-15,21,23H,10-11,13H2,1-2H3. The maximum Gasteiger partial charge on any atom is 0.249 e. The van der Waals surface area contributed by atoms with E-state index >= 15 is 0 Å². The van der Waals surface area contributed by atoms with E-state index in [0.29, 0.717) is 0 Å². The number of carbonyl (C=O) groups excluding carboxylic acids is 1. The predicted molar refractivity (Wildman–Crippen MR) is 97.2 cm³/mol. The number of rotatable bonds is 4. The van der Waals surface area contributed by atoms with E-state index in [1.807, 2.05) is 54.3 Å². The van der Waals surface area contributed by atoms with Gasteiger partial charge in [-0.25, -0.2) is 0 Å². The van der Waals surface area contributed by atoms with E-state index in [4.69, 9.17) is 0 Å². The van der Waals surface area contributed by atoms with Gasteiger partial charge in [0.25, 0.3) is 0 Å². The molecule has 0 bridgehead atoms. The number of aliphatic hydroxyl groups excluding tert-OH is 1. The summed E-state index contributed by atoms with van der Waals surface area (Å²) >= 11 is 0. The minimum Gasteiger partial charge on any atom is -0.392 e. The number of hydrogen-bond donors (Lipinski definition) is 2. The van der Waals surface area contributed by atoms with Gasteiger partial charge in [0.2, 0.25) is 5.91 Å². The van der Waals surface area contributed by atoms with Gasteiger partial charge in [-0.05, 0) is 56.0 Å². The molecule has 1 aliphatic heterocycles. The number of benzene rings is 2. The molecule has 0 spiro atoms. The molecule has 0 saturated carbocycles. The van der Waals surface area contributed by atoms with Crippen LogP contribution in [0.1, 0.15) is 31.4 Å². The fraction of sp³-hybridized carbons (Fsp3) is 0.350. The Hall–Kier alpha value is -2.33. The van der Waals surface area contributed by atoms with Crippen LogP contribution in [0.25, 0.3) is 0 Å². The molecule has 1 aliphatic rings. The molecule has 4 nitrogen and oxygen atoms in total. The lowest BCUT2D eigenvalue weighted by atomic mass is 9.96. The highest BCUT2D eigenvalue weighted by Crippen LogP contribution is 2.31. The van der Waals surface area contributed by atoms with Crippen LogP contribution in [-0.2, 0) is 17.8 Å². The quantitative estimate of drug-likeness (QED) is 0.907. The van der Waals surface area contributed by atoms with E-state index in [-0.39, 0.29) is 24.6 Å². The van der Waals surface area contributed by atoms with Gasteiger partial charge >= 0.3 is 0 Å². The fourth-order valence-electron chi connectivity index (χ4n) is 3.30. The average molecular weight is 324 g/mol. The van der Waals surface area contributed by atoms with Gasteiger partial charge in [0.05, 0.1) is 6.61 Å². The zero-order valence-electron chi connectivity index (χ0n) is 14.2. The largest absolute Gasteiger partial charge is 0.392 e. The lowest BCUT2D eigenvalue weighted by Crippen LogP contribution is -2.48. The zero-order valence-corrected chi connectivity index (χ0v) is 14.2. The van der Waals surface area contributed by atoms with Crippen molar-refractivity contribution in [2.75, 3.05) is 10.2 Å². The van der Waals surface area contributed by atoms with Gasteiger partial charge in [-0.2, -0.15) is 0 Å². The molecule has 1 amide bonds. The molecule has 0 fully saturated rings. The lowest BCUT2D eigenvalue weighted by molar-refractivity contribution is -0.119. The number of para-hydroxylation sites is 1. The Morgan fingerprint density at radius 3 is 2.88 bits per heavy atom. The molecule has 2 aromatic carbocycles. The molecule has 0 aliphatic carbocycles. The number of anilines is 2. The summed E-state index contributed by atoms with van der Waals surface area (Å²) in [4.78, 5) is 15.0. The minimum atomic E-state index is -0.340. The smallest absolute Gasteiger partial charge is 0.249 e. The van der Waals surface area contributed by atoms with Crippen LogP contribution >= 0.6 is 0 Å². The number of fused-ring (bicyclic) bond motifs is 1. The molecule has 126 valence electrons. The molecule has 2 atom stereocenters. The Balaban J connectivity index is 1.80. The van der Waals surface area contributed by atoms with Crippen LogP contribution in [0.4, 0.5) is 11.4 Å². The fourth-order valence-corrected chi connectivity index (χ4v) is 3.30. The van der Waals surface area contributed by atoms with Crippen molar-refractivity contribution in [3.05, 3.63) is 59.7 Å². The van der Waals surface area contributed by atoms with Crippen LogP contribution in [0.2, 0.25) is 0 Å². The van der Waals surface area contributed by atoms with Crippen molar-refractivity contribution in [3.63, 3.8) is 0 Å². The first-order valence-corrected chi connectivity index (χ1v) is 8.47. The Morgan fingerprint density at radius 2 is 2.08 bits per heavy atom. The third-order valence-electron chi connectivity index (χ3n) is 4.62. The number of carbonyl (C=O) groups is 1. The predicted octanol–water partition coefficient (Wildman–Crippen LogP) is 3.35. The van der Waals surface area contributed by atoms with E-state index in [9.17, 15) is 9.90 Å². The molecule has 24 heavy (non-hydrogen) atoms. The molecule has 1 heterocycles. The number of hydrogen-bond acceptors (Lipinski definition) is 3. The van der Waals surface area contributed by atoms with Gasteiger partial charge in [-0.3, -0.25) is 4.79 Å². The second-order valence-corrected chi connectivity index (χ2v) is 6.45. The van der Waals surface area contributed by atoms with Crippen LogP contribution in [-0.4, -0.2) is 23.1 Å². The first-order valence-electron chi connectivity index (χ1n) is 8.47. The highest BCUT2D eigenvalue weighted by molar-refractivity contribution is 6.00. The van der Waals surface area contributed by atoms with Gasteiger partial charge in [0.1, 0.15) is 6.04 Å². The van der Waals surface area contributed by atoms with Crippen LogP contribution in [0, 0.1) is 0 Å². The van der Waals surface area contributed by atoms with Crippen molar-refractivity contribution in [2.45, 2.75) is 45.4 Å². The molecule has 0 aromatic heterocycles. The first-order chi connectivity index (χ1) is 11.6. The summed E-state index contributed by atoms with van der Waals surface area (Å²) in [5.41, 5.74) is 3.94. The first kappa shape index (κ1) is 16.5. The van der Waals surface area contributed by atoms with E-state index in [1.54, 1.807) is 0 Å². The summed E-state index contributed by atoms with van der Waals surface area (Å²) in [5.74, 6) is 0.0732. The molecule has 3 rings (SSSR count). The van der Waals surface area contributed by atoms with E-state index < -0.39 is 0 Å². The highest BCUT2D eigenvalue weighted by Gasteiger charge is 2.30. The zero-order chi connectivity index (χ0) is 17.1. The molecular weight excluding hydrogens is 300 g/mol. The summed E-state index contributed by atoms with van der Waals surface area (Å²) < 4.78 is 0. The van der Waals surface area contributed by atoms with Crippen LogP contribution in [0.15, 0.2) is 48.5 Å². The Kier molecular flexibility index (Phi) is 4.86. The van der Waals surface area contributed by atoms with Gasteiger partial charge in [-0.1, -0.05) is 30.3 Å². The molecule has 2 unspecified atom stereocenters. The molecule has 2 aromatic rings. The van der Waals surface area contributed by atoms with Crippen molar-refractivity contribution in [3.8, 4) is 0 Å². The monoisotopic (exact) mass is 324 g/mol. The summed E-state index contributed by atoms with van der Waals surface area (Å²) in [6, 6.07) is 15.5. The third-order valence-corrected chi connectivity index (χ3v) is 4.62. The number of nitrogens with one attached hydrogen (secondary N) is 1. The minimum absolute atomic E-state index is 0.00557. The van der Waals surface area contributed by atoms with Crippen LogP contribution < -0.4 is 10.2 Å². The second-order valence-electron chi connectivity index (χ2n) is 6.45. The summed E-state index contributed by atoms with van der Waals surface area (Å²) in [6.07, 6.45) is 2.00.